The summed E-state index contributed by atoms with van der Waals surface area (Å²) >= 11 is 0. The second-order valence-electron chi connectivity index (χ2n) is 6.83. The molecule has 1 unspecified atom stereocenters. The molecule has 8 heteroatoms. The first-order valence-electron chi connectivity index (χ1n) is 9.33. The van der Waals surface area contributed by atoms with Crippen LogP contribution in [0.25, 0.3) is 22.7 Å². The number of carbonyl (C=O) groups excluding carboxylic acids is 1. The number of rotatable bonds is 5. The number of aromatic nitrogens is 3. The number of benzene rings is 1. The van der Waals surface area contributed by atoms with Crippen molar-refractivity contribution in [2.75, 3.05) is 13.7 Å². The molecular weight excluding hydrogens is 360 g/mol. The maximum atomic E-state index is 12.1. The number of esters is 1. The molecule has 1 fully saturated rings. The van der Waals surface area contributed by atoms with E-state index < -0.39 is 0 Å². The van der Waals surface area contributed by atoms with Gasteiger partial charge in [-0.25, -0.2) is 0 Å². The average molecular weight is 382 g/mol. The molecule has 0 bridgehead atoms. The Hall–Kier alpha value is -3.00. The fourth-order valence-electron chi connectivity index (χ4n) is 3.59. The van der Waals surface area contributed by atoms with Crippen LogP contribution in [0.15, 0.2) is 39.3 Å². The molecule has 0 N–H and O–H groups in total. The molecule has 1 aliphatic heterocycles. The molecule has 0 amide bonds. The summed E-state index contributed by atoms with van der Waals surface area (Å²) in [6.45, 7) is 3.01. The SMILES string of the molecule is COC(=O)C1CCCCN1Cc1nnc(-c2c(-c3ccccc3)noc2C)o1. The summed E-state index contributed by atoms with van der Waals surface area (Å²) in [6.07, 6.45) is 2.81. The Balaban J connectivity index is 1.59. The van der Waals surface area contributed by atoms with Crippen LogP contribution in [0.3, 0.4) is 0 Å². The van der Waals surface area contributed by atoms with Crippen LogP contribution in [-0.4, -0.2) is 45.9 Å². The number of carbonyl (C=O) groups is 1. The van der Waals surface area contributed by atoms with E-state index in [1.165, 1.54) is 7.11 Å². The van der Waals surface area contributed by atoms with Gasteiger partial charge in [-0.2, -0.15) is 0 Å². The lowest BCUT2D eigenvalue weighted by Gasteiger charge is -2.32. The van der Waals surface area contributed by atoms with Crippen molar-refractivity contribution in [2.24, 2.45) is 0 Å². The smallest absolute Gasteiger partial charge is 0.323 e. The van der Waals surface area contributed by atoms with Crippen molar-refractivity contribution in [3.05, 3.63) is 42.0 Å². The summed E-state index contributed by atoms with van der Waals surface area (Å²) in [5, 5.41) is 12.5. The van der Waals surface area contributed by atoms with Gasteiger partial charge in [0, 0.05) is 5.56 Å². The van der Waals surface area contributed by atoms with Gasteiger partial charge in [-0.15, -0.1) is 10.2 Å². The lowest BCUT2D eigenvalue weighted by atomic mass is 10.0. The fraction of sp³-hybridized carbons (Fsp3) is 0.400. The van der Waals surface area contributed by atoms with Gasteiger partial charge >= 0.3 is 5.97 Å². The number of hydrogen-bond donors (Lipinski definition) is 0. The Morgan fingerprint density at radius 1 is 1.25 bits per heavy atom. The van der Waals surface area contributed by atoms with Crippen LogP contribution in [0.4, 0.5) is 0 Å². The Morgan fingerprint density at radius 3 is 2.86 bits per heavy atom. The molecule has 3 aromatic rings. The van der Waals surface area contributed by atoms with Crippen LogP contribution >= 0.6 is 0 Å². The molecule has 28 heavy (non-hydrogen) atoms. The van der Waals surface area contributed by atoms with Gasteiger partial charge in [0.15, 0.2) is 0 Å². The van der Waals surface area contributed by atoms with Crippen molar-refractivity contribution in [3.63, 3.8) is 0 Å². The predicted octanol–water partition coefficient (Wildman–Crippen LogP) is 3.23. The van der Waals surface area contributed by atoms with Crippen molar-refractivity contribution < 1.29 is 18.5 Å². The molecule has 0 saturated carbocycles. The molecule has 1 aromatic carbocycles. The molecule has 3 heterocycles. The standard InChI is InChI=1S/C20H22N4O4/c1-13-17(18(23-28-13)14-8-4-3-5-9-14)19-22-21-16(27-19)12-24-11-7-6-10-15(24)20(25)26-2/h3-5,8-9,15H,6-7,10-12H2,1-2H3. The van der Waals surface area contributed by atoms with Gasteiger partial charge in [-0.05, 0) is 26.3 Å². The van der Waals surface area contributed by atoms with E-state index in [9.17, 15) is 4.79 Å². The largest absolute Gasteiger partial charge is 0.468 e. The maximum absolute atomic E-state index is 12.1. The monoisotopic (exact) mass is 382 g/mol. The maximum Gasteiger partial charge on any atom is 0.323 e. The molecule has 0 spiro atoms. The van der Waals surface area contributed by atoms with E-state index in [1.807, 2.05) is 42.2 Å². The Labute approximate surface area is 162 Å². The van der Waals surface area contributed by atoms with Crippen molar-refractivity contribution in [3.8, 4) is 22.7 Å². The summed E-state index contributed by atoms with van der Waals surface area (Å²) in [7, 11) is 1.42. The fourth-order valence-corrected chi connectivity index (χ4v) is 3.59. The number of methoxy groups -OCH3 is 1. The van der Waals surface area contributed by atoms with Crippen LogP contribution in [0.2, 0.25) is 0 Å². The van der Waals surface area contributed by atoms with Crippen molar-refractivity contribution in [1.82, 2.24) is 20.3 Å². The van der Waals surface area contributed by atoms with Gasteiger partial charge in [0.25, 0.3) is 5.89 Å². The number of aryl methyl sites for hydroxylation is 1. The molecule has 1 aliphatic rings. The summed E-state index contributed by atoms with van der Waals surface area (Å²) in [6, 6.07) is 9.44. The van der Waals surface area contributed by atoms with E-state index in [4.69, 9.17) is 13.7 Å². The zero-order valence-electron chi connectivity index (χ0n) is 15.9. The quantitative estimate of drug-likeness (QED) is 0.621. The minimum absolute atomic E-state index is 0.222. The van der Waals surface area contributed by atoms with E-state index in [0.717, 1.165) is 31.4 Å². The third kappa shape index (κ3) is 3.55. The second kappa shape index (κ2) is 7.93. The van der Waals surface area contributed by atoms with Crippen molar-refractivity contribution >= 4 is 5.97 Å². The molecule has 1 atom stereocenters. The number of ether oxygens (including phenoxy) is 1. The molecular formula is C20H22N4O4. The Kier molecular flexibility index (Phi) is 5.21. The van der Waals surface area contributed by atoms with Crippen LogP contribution < -0.4 is 0 Å². The number of nitrogens with zero attached hydrogens (tertiary/aromatic N) is 4. The zero-order chi connectivity index (χ0) is 19.5. The van der Waals surface area contributed by atoms with Gasteiger partial charge in [0.2, 0.25) is 5.89 Å². The van der Waals surface area contributed by atoms with Crippen LogP contribution in [0, 0.1) is 6.92 Å². The highest BCUT2D eigenvalue weighted by Crippen LogP contribution is 2.33. The van der Waals surface area contributed by atoms with E-state index in [0.29, 0.717) is 35.3 Å². The van der Waals surface area contributed by atoms with E-state index in [1.54, 1.807) is 0 Å². The molecule has 1 saturated heterocycles. The lowest BCUT2D eigenvalue weighted by molar-refractivity contribution is -0.148. The van der Waals surface area contributed by atoms with Gasteiger partial charge in [-0.1, -0.05) is 41.9 Å². The summed E-state index contributed by atoms with van der Waals surface area (Å²) < 4.78 is 16.2. The summed E-state index contributed by atoms with van der Waals surface area (Å²) in [5.74, 6) is 1.20. The first-order chi connectivity index (χ1) is 13.7. The first kappa shape index (κ1) is 18.4. The van der Waals surface area contributed by atoms with Gasteiger partial charge in [0.05, 0.1) is 13.7 Å². The van der Waals surface area contributed by atoms with Crippen molar-refractivity contribution in [1.29, 1.82) is 0 Å². The van der Waals surface area contributed by atoms with E-state index in [2.05, 4.69) is 15.4 Å². The van der Waals surface area contributed by atoms with E-state index in [-0.39, 0.29) is 12.0 Å². The van der Waals surface area contributed by atoms with Gasteiger partial charge < -0.3 is 13.7 Å². The third-order valence-electron chi connectivity index (χ3n) is 5.02. The lowest BCUT2D eigenvalue weighted by Crippen LogP contribution is -2.44. The highest BCUT2D eigenvalue weighted by Gasteiger charge is 2.31. The minimum atomic E-state index is -0.272. The number of piperidine rings is 1. The van der Waals surface area contributed by atoms with Crippen LogP contribution in [0.5, 0.6) is 0 Å². The molecule has 0 aliphatic carbocycles. The van der Waals surface area contributed by atoms with Gasteiger partial charge in [0.1, 0.15) is 23.1 Å². The highest BCUT2D eigenvalue weighted by molar-refractivity contribution is 5.77. The molecule has 0 radical (unpaired) electrons. The number of likely N-dealkylation sites (tertiary alicyclic amines) is 1. The Morgan fingerprint density at radius 2 is 2.07 bits per heavy atom. The van der Waals surface area contributed by atoms with E-state index >= 15 is 0 Å². The van der Waals surface area contributed by atoms with Crippen molar-refractivity contribution in [2.45, 2.75) is 38.8 Å². The van der Waals surface area contributed by atoms with Gasteiger partial charge in [-0.3, -0.25) is 9.69 Å². The summed E-state index contributed by atoms with van der Waals surface area (Å²) in [5.41, 5.74) is 2.27. The van der Waals surface area contributed by atoms with Crippen LogP contribution in [0.1, 0.15) is 30.9 Å². The normalized spacial score (nSPS) is 17.6. The minimum Gasteiger partial charge on any atom is -0.468 e. The molecule has 4 rings (SSSR count). The molecule has 8 nitrogen and oxygen atoms in total. The molecule has 2 aromatic heterocycles. The van der Waals surface area contributed by atoms with Crippen LogP contribution in [-0.2, 0) is 16.1 Å². The Bertz CT molecular complexity index is 950. The average Bonchev–Trinajstić information content (AvgIpc) is 3.34. The number of hydrogen-bond acceptors (Lipinski definition) is 8. The third-order valence-corrected chi connectivity index (χ3v) is 5.02. The topological polar surface area (TPSA) is 94.5 Å². The second-order valence-corrected chi connectivity index (χ2v) is 6.83. The zero-order valence-corrected chi connectivity index (χ0v) is 15.9. The summed E-state index contributed by atoms with van der Waals surface area (Å²) in [4.78, 5) is 14.1. The first-order valence-corrected chi connectivity index (χ1v) is 9.33. The highest BCUT2D eigenvalue weighted by atomic mass is 16.5. The molecule has 146 valence electrons. The predicted molar refractivity (Wildman–Crippen MR) is 100 cm³/mol.